The molecule has 0 aromatic rings. The number of carbonyl (C=O) groups excluding carboxylic acids is 3. The summed E-state index contributed by atoms with van der Waals surface area (Å²) in [5.41, 5.74) is 0. The van der Waals surface area contributed by atoms with Crippen LogP contribution in [0.25, 0.3) is 0 Å². The number of unbranched alkanes of at least 4 members (excludes halogenated alkanes) is 17. The Morgan fingerprint density at radius 2 is 1.08 bits per heavy atom. The SMILES string of the molecule is CCCCC/C=C\C/C=C\CCCCCCCC(=O)OC(COC(=O)CCCCCCCCCCCC)COC(OCC[N+](C)(C)C)C(=O)[O-]. The van der Waals surface area contributed by atoms with E-state index in [1.165, 1.54) is 70.6 Å². The molecule has 0 saturated carbocycles. The summed E-state index contributed by atoms with van der Waals surface area (Å²) >= 11 is 0. The highest BCUT2D eigenvalue weighted by Gasteiger charge is 2.21. The van der Waals surface area contributed by atoms with Crippen LogP contribution in [0.1, 0.15) is 162 Å². The number of carbonyl (C=O) groups is 3. The topological polar surface area (TPSA) is 111 Å². The summed E-state index contributed by atoms with van der Waals surface area (Å²) in [6, 6.07) is 0. The summed E-state index contributed by atoms with van der Waals surface area (Å²) in [7, 11) is 5.89. The zero-order valence-corrected chi connectivity index (χ0v) is 32.8. The smallest absolute Gasteiger partial charge is 0.306 e. The average molecular weight is 710 g/mol. The van der Waals surface area contributed by atoms with Crippen molar-refractivity contribution in [2.75, 3.05) is 47.5 Å². The van der Waals surface area contributed by atoms with Gasteiger partial charge < -0.3 is 33.3 Å². The lowest BCUT2D eigenvalue weighted by atomic mass is 10.1. The molecule has 0 aromatic heterocycles. The number of carboxylic acids is 1. The van der Waals surface area contributed by atoms with Gasteiger partial charge in [0.05, 0.1) is 40.3 Å². The Labute approximate surface area is 306 Å². The fourth-order valence-corrected chi connectivity index (χ4v) is 5.27. The first-order valence-corrected chi connectivity index (χ1v) is 20.0. The lowest BCUT2D eigenvalue weighted by Gasteiger charge is -2.26. The van der Waals surface area contributed by atoms with E-state index < -0.39 is 24.3 Å². The lowest BCUT2D eigenvalue weighted by molar-refractivity contribution is -0.870. The molecule has 0 amide bonds. The molecule has 0 radical (unpaired) electrons. The van der Waals surface area contributed by atoms with Crippen molar-refractivity contribution in [2.45, 2.75) is 174 Å². The number of esters is 2. The van der Waals surface area contributed by atoms with Gasteiger partial charge in [-0.05, 0) is 44.9 Å². The van der Waals surface area contributed by atoms with Gasteiger partial charge in [0.2, 0.25) is 0 Å². The molecule has 0 rings (SSSR count). The number of ether oxygens (including phenoxy) is 4. The minimum atomic E-state index is -1.62. The van der Waals surface area contributed by atoms with Crippen molar-refractivity contribution in [3.05, 3.63) is 24.3 Å². The Morgan fingerprint density at radius 1 is 0.600 bits per heavy atom. The number of rotatable bonds is 36. The second kappa shape index (κ2) is 33.9. The molecular formula is C41H75NO8. The lowest BCUT2D eigenvalue weighted by Crippen LogP contribution is -2.44. The Balaban J connectivity index is 4.53. The molecule has 292 valence electrons. The van der Waals surface area contributed by atoms with Crippen LogP contribution in [0.4, 0.5) is 0 Å². The third-order valence-corrected chi connectivity index (χ3v) is 8.45. The van der Waals surface area contributed by atoms with E-state index in [9.17, 15) is 19.5 Å². The highest BCUT2D eigenvalue weighted by Crippen LogP contribution is 2.13. The minimum Gasteiger partial charge on any atom is -0.545 e. The van der Waals surface area contributed by atoms with E-state index in [2.05, 4.69) is 38.2 Å². The Bertz CT molecular complexity index is 882. The number of aliphatic carboxylic acids is 1. The number of quaternary nitrogens is 1. The highest BCUT2D eigenvalue weighted by molar-refractivity contribution is 5.70. The number of allylic oxidation sites excluding steroid dienone is 4. The molecular weight excluding hydrogens is 634 g/mol. The van der Waals surface area contributed by atoms with Crippen molar-refractivity contribution in [3.8, 4) is 0 Å². The zero-order chi connectivity index (χ0) is 37.1. The summed E-state index contributed by atoms with van der Waals surface area (Å²) in [5.74, 6) is -2.31. The van der Waals surface area contributed by atoms with Crippen LogP contribution in [0, 0.1) is 0 Å². The van der Waals surface area contributed by atoms with Crippen LogP contribution in [0.3, 0.4) is 0 Å². The van der Waals surface area contributed by atoms with Crippen molar-refractivity contribution in [1.82, 2.24) is 0 Å². The Hall–Kier alpha value is -2.23. The van der Waals surface area contributed by atoms with Crippen LogP contribution >= 0.6 is 0 Å². The van der Waals surface area contributed by atoms with Crippen molar-refractivity contribution < 1.29 is 42.9 Å². The van der Waals surface area contributed by atoms with Crippen LogP contribution in [-0.4, -0.2) is 82.3 Å². The third kappa shape index (κ3) is 34.2. The monoisotopic (exact) mass is 710 g/mol. The first-order chi connectivity index (χ1) is 24.1. The van der Waals surface area contributed by atoms with E-state index >= 15 is 0 Å². The molecule has 2 unspecified atom stereocenters. The zero-order valence-electron chi connectivity index (χ0n) is 32.8. The number of hydrogen-bond donors (Lipinski definition) is 0. The van der Waals surface area contributed by atoms with Gasteiger partial charge in [0.25, 0.3) is 0 Å². The molecule has 0 N–H and O–H groups in total. The molecule has 0 bridgehead atoms. The maximum Gasteiger partial charge on any atom is 0.306 e. The predicted octanol–water partition coefficient (Wildman–Crippen LogP) is 8.38. The first kappa shape index (κ1) is 47.8. The second-order valence-corrected chi connectivity index (χ2v) is 14.6. The quantitative estimate of drug-likeness (QED) is 0.0210. The van der Waals surface area contributed by atoms with E-state index in [0.717, 1.165) is 57.8 Å². The maximum atomic E-state index is 12.7. The van der Waals surface area contributed by atoms with Crippen molar-refractivity contribution in [1.29, 1.82) is 0 Å². The van der Waals surface area contributed by atoms with E-state index in [1.807, 2.05) is 21.1 Å². The fourth-order valence-electron chi connectivity index (χ4n) is 5.27. The van der Waals surface area contributed by atoms with Crippen molar-refractivity contribution in [3.63, 3.8) is 0 Å². The van der Waals surface area contributed by atoms with Crippen molar-refractivity contribution >= 4 is 17.9 Å². The largest absolute Gasteiger partial charge is 0.545 e. The van der Waals surface area contributed by atoms with Gasteiger partial charge in [0, 0.05) is 12.8 Å². The summed E-state index contributed by atoms with van der Waals surface area (Å²) in [6.45, 7) is 4.66. The first-order valence-electron chi connectivity index (χ1n) is 20.0. The van der Waals surface area contributed by atoms with Gasteiger partial charge in [-0.25, -0.2) is 0 Å². The molecule has 9 heteroatoms. The van der Waals surface area contributed by atoms with Crippen LogP contribution < -0.4 is 5.11 Å². The summed E-state index contributed by atoms with van der Waals surface area (Å²) in [6.07, 6.45) is 30.6. The molecule has 0 aliphatic carbocycles. The van der Waals surface area contributed by atoms with E-state index in [0.29, 0.717) is 23.9 Å². The normalized spacial score (nSPS) is 13.2. The predicted molar refractivity (Wildman–Crippen MR) is 200 cm³/mol. The van der Waals surface area contributed by atoms with Gasteiger partial charge in [-0.15, -0.1) is 0 Å². The standard InChI is InChI=1S/C41H75NO8/c1-6-8-10-12-14-16-18-19-20-21-22-24-26-28-30-32-39(44)50-37(36-49-41(40(45)46)47-34-33-42(3,4)5)35-48-38(43)31-29-27-25-23-17-15-13-11-9-7-2/h14,16,19-20,37,41H,6-13,15,17-18,21-36H2,1-5H3/b16-14-,20-19-. The molecule has 0 aliphatic rings. The minimum absolute atomic E-state index is 0.146. The van der Waals surface area contributed by atoms with Crippen LogP contribution in [0.2, 0.25) is 0 Å². The molecule has 0 saturated heterocycles. The van der Waals surface area contributed by atoms with Crippen LogP contribution in [0.15, 0.2) is 24.3 Å². The number of nitrogens with zero attached hydrogens (tertiary/aromatic N) is 1. The molecule has 0 aliphatic heterocycles. The molecule has 2 atom stereocenters. The Kier molecular flexibility index (Phi) is 32.4. The van der Waals surface area contributed by atoms with E-state index in [-0.39, 0.29) is 32.2 Å². The molecule has 50 heavy (non-hydrogen) atoms. The van der Waals surface area contributed by atoms with Crippen LogP contribution in [0.5, 0.6) is 0 Å². The van der Waals surface area contributed by atoms with Crippen molar-refractivity contribution in [2.24, 2.45) is 0 Å². The van der Waals surface area contributed by atoms with Gasteiger partial charge >= 0.3 is 11.9 Å². The summed E-state index contributed by atoms with van der Waals surface area (Å²) < 4.78 is 22.4. The third-order valence-electron chi connectivity index (χ3n) is 8.45. The summed E-state index contributed by atoms with van der Waals surface area (Å²) in [4.78, 5) is 36.7. The number of likely N-dealkylation sites (N-methyl/N-ethyl adjacent to an activating group) is 1. The summed E-state index contributed by atoms with van der Waals surface area (Å²) in [5, 5.41) is 11.6. The van der Waals surface area contributed by atoms with Gasteiger partial charge in [0.15, 0.2) is 12.4 Å². The van der Waals surface area contributed by atoms with E-state index in [4.69, 9.17) is 18.9 Å². The maximum absolute atomic E-state index is 12.7. The van der Waals surface area contributed by atoms with Gasteiger partial charge in [0.1, 0.15) is 13.2 Å². The molecule has 0 aromatic carbocycles. The fraction of sp³-hybridized carbons (Fsp3) is 0.829. The van der Waals surface area contributed by atoms with E-state index in [1.54, 1.807) is 0 Å². The molecule has 0 fully saturated rings. The number of carboxylic acid groups (broad SMARTS) is 1. The Morgan fingerprint density at radius 3 is 1.62 bits per heavy atom. The second-order valence-electron chi connectivity index (χ2n) is 14.6. The molecule has 0 heterocycles. The molecule has 9 nitrogen and oxygen atoms in total. The van der Waals surface area contributed by atoms with Gasteiger partial charge in [-0.3, -0.25) is 9.59 Å². The van der Waals surface area contributed by atoms with Gasteiger partial charge in [-0.2, -0.15) is 0 Å². The van der Waals surface area contributed by atoms with Gasteiger partial charge in [-0.1, -0.05) is 128 Å². The molecule has 0 spiro atoms. The van der Waals surface area contributed by atoms with Crippen LogP contribution in [-0.2, 0) is 33.3 Å². The average Bonchev–Trinajstić information content (AvgIpc) is 3.06. The highest BCUT2D eigenvalue weighted by atomic mass is 16.7. The number of hydrogen-bond acceptors (Lipinski definition) is 8.